The smallest absolute Gasteiger partial charge is 0.220 e. The third kappa shape index (κ3) is 9.23. The van der Waals surface area contributed by atoms with Crippen molar-refractivity contribution in [2.75, 3.05) is 28.3 Å². The van der Waals surface area contributed by atoms with Crippen molar-refractivity contribution in [3.05, 3.63) is 130 Å². The van der Waals surface area contributed by atoms with Crippen molar-refractivity contribution in [1.82, 2.24) is 10.5 Å². The lowest BCUT2D eigenvalue weighted by Crippen LogP contribution is -2.51. The van der Waals surface area contributed by atoms with E-state index in [1.165, 1.54) is 18.2 Å². The summed E-state index contributed by atoms with van der Waals surface area (Å²) < 4.78 is 11.2. The highest BCUT2D eigenvalue weighted by Crippen LogP contribution is 2.61. The molecule has 2 saturated carbocycles. The zero-order valence-electron chi connectivity index (χ0n) is 36.6. The fraction of sp³-hybridized carbons (Fsp3) is 0.420. The Kier molecular flexibility index (Phi) is 15.1. The minimum Gasteiger partial charge on any atom is -0.381 e. The maximum absolute atomic E-state index is 9.42. The molecule has 0 aromatic heterocycles. The molecule has 1 heterocycles. The fourth-order valence-corrected chi connectivity index (χ4v) is 10.5. The molecule has 1 aliphatic heterocycles. The van der Waals surface area contributed by atoms with E-state index in [-0.39, 0.29) is 23.2 Å². The number of hydrogen-bond donors (Lipinski definition) is 3. The van der Waals surface area contributed by atoms with Gasteiger partial charge < -0.3 is 20.4 Å². The Morgan fingerprint density at radius 1 is 0.810 bits per heavy atom. The summed E-state index contributed by atoms with van der Waals surface area (Å²) in [7, 11) is 6.85. The Morgan fingerprint density at radius 3 is 1.86 bits per heavy atom. The van der Waals surface area contributed by atoms with Gasteiger partial charge in [0.15, 0.2) is 11.4 Å². The highest BCUT2D eigenvalue weighted by atomic mass is 35.5. The monoisotopic (exact) mass is 868 g/mol. The van der Waals surface area contributed by atoms with E-state index in [1.54, 1.807) is 24.8 Å². The first-order valence-corrected chi connectivity index (χ1v) is 21.5. The second-order valence-electron chi connectivity index (χ2n) is 17.0. The summed E-state index contributed by atoms with van der Waals surface area (Å²) in [5.41, 5.74) is 18.2. The summed E-state index contributed by atoms with van der Waals surface area (Å²) in [6.45, 7) is 14.6. The standard InChI is InChI=1S/C25H28N4O2.C24H23N3O.CH5NO.ClH/c1-27-20-6-4-5-18(15-20)19-8-7-17-9-12-24(13-10-21(30-3)11-14-24)25(22(17)16-19)28-23(26)29(2)31-25;1-26-20-5-3-4-18(14-20)19-7-6-17-8-11-24(12-9-21(28-2)10-13-24)23(27-16-25)22(17)15-19;1-2-3;/h4-8,15-16,21H,9-14H2,2-3H3,(H2,26,28);3-7,14-15,21H,8-13H2,2H3;2-3H,1H3;1H. The van der Waals surface area contributed by atoms with Gasteiger partial charge >= 0.3 is 0 Å². The maximum atomic E-state index is 9.42. The molecule has 0 bridgehead atoms. The van der Waals surface area contributed by atoms with Gasteiger partial charge in [-0.25, -0.2) is 30.1 Å². The number of guanidine groups is 1. The molecule has 4 aliphatic carbocycles. The predicted molar refractivity (Wildman–Crippen MR) is 249 cm³/mol. The fourth-order valence-electron chi connectivity index (χ4n) is 10.5. The summed E-state index contributed by atoms with van der Waals surface area (Å²) >= 11 is 0. The average Bonchev–Trinajstić information content (AvgIpc) is 3.63. The van der Waals surface area contributed by atoms with Gasteiger partial charge in [-0.2, -0.15) is 10.3 Å². The number of hydrogen-bond acceptors (Lipinski definition) is 10. The molecule has 4 N–H and O–H groups in total. The van der Waals surface area contributed by atoms with Crippen LogP contribution < -0.4 is 11.2 Å². The minimum absolute atomic E-state index is 0. The second-order valence-corrected chi connectivity index (χ2v) is 17.0. The second kappa shape index (κ2) is 20.3. The third-order valence-corrected chi connectivity index (χ3v) is 13.9. The lowest BCUT2D eigenvalue weighted by molar-refractivity contribution is -0.245. The first-order valence-electron chi connectivity index (χ1n) is 21.5. The van der Waals surface area contributed by atoms with Crippen molar-refractivity contribution in [3.63, 3.8) is 0 Å². The van der Waals surface area contributed by atoms with Crippen molar-refractivity contribution in [3.8, 4) is 28.4 Å². The number of nitrogens with one attached hydrogen (secondary N) is 1. The third-order valence-electron chi connectivity index (χ3n) is 13.9. The van der Waals surface area contributed by atoms with E-state index in [4.69, 9.17) is 43.4 Å². The van der Waals surface area contributed by atoms with Crippen molar-refractivity contribution in [2.24, 2.45) is 26.5 Å². The summed E-state index contributed by atoms with van der Waals surface area (Å²) in [5.74, 6) is 0.418. The van der Waals surface area contributed by atoms with E-state index in [0.29, 0.717) is 29.5 Å². The number of aryl methyl sites for hydroxylation is 2. The average molecular weight is 870 g/mol. The number of nitrogens with two attached hydrogens (primary N) is 1. The molecule has 13 heteroatoms. The Bertz CT molecular complexity index is 2450. The van der Waals surface area contributed by atoms with Crippen molar-refractivity contribution in [1.29, 1.82) is 5.26 Å². The lowest BCUT2D eigenvalue weighted by Gasteiger charge is -2.52. The van der Waals surface area contributed by atoms with Crippen LogP contribution in [0.25, 0.3) is 31.9 Å². The highest BCUT2D eigenvalue weighted by Gasteiger charge is 2.61. The molecule has 1 unspecified atom stereocenters. The maximum Gasteiger partial charge on any atom is 0.220 e. The molecule has 0 radical (unpaired) electrons. The van der Waals surface area contributed by atoms with Gasteiger partial charge in [-0.05, 0) is 135 Å². The van der Waals surface area contributed by atoms with Crippen LogP contribution in [0.4, 0.5) is 11.4 Å². The van der Waals surface area contributed by atoms with E-state index in [1.807, 2.05) is 55.6 Å². The van der Waals surface area contributed by atoms with Gasteiger partial charge in [0.2, 0.25) is 17.9 Å². The lowest BCUT2D eigenvalue weighted by atomic mass is 9.58. The molecule has 2 fully saturated rings. The number of rotatable bonds is 4. The molecule has 5 aliphatic rings. The van der Waals surface area contributed by atoms with Crippen LogP contribution in [0.2, 0.25) is 0 Å². The van der Waals surface area contributed by atoms with Crippen LogP contribution in [0.15, 0.2) is 94.9 Å². The van der Waals surface area contributed by atoms with Gasteiger partial charge in [-0.1, -0.05) is 60.7 Å². The molecule has 9 rings (SSSR count). The van der Waals surface area contributed by atoms with E-state index in [0.717, 1.165) is 116 Å². The molecule has 4 aromatic rings. The van der Waals surface area contributed by atoms with Crippen molar-refractivity contribution in [2.45, 2.75) is 95.0 Å². The van der Waals surface area contributed by atoms with Crippen molar-refractivity contribution < 1.29 is 19.5 Å². The summed E-state index contributed by atoms with van der Waals surface area (Å²) in [5, 5.41) is 18.4. The van der Waals surface area contributed by atoms with Crippen LogP contribution in [0.1, 0.15) is 86.5 Å². The van der Waals surface area contributed by atoms with Crippen LogP contribution in [0, 0.1) is 35.4 Å². The van der Waals surface area contributed by atoms with Gasteiger partial charge in [0.25, 0.3) is 0 Å². The largest absolute Gasteiger partial charge is 0.381 e. The Labute approximate surface area is 377 Å². The van der Waals surface area contributed by atoms with E-state index in [2.05, 4.69) is 57.3 Å². The van der Waals surface area contributed by atoms with Gasteiger partial charge in [-0.15, -0.1) is 12.4 Å². The van der Waals surface area contributed by atoms with Crippen LogP contribution in [-0.4, -0.2) is 62.5 Å². The number of benzene rings is 4. The quantitative estimate of drug-likeness (QED) is 0.104. The molecule has 12 nitrogen and oxygen atoms in total. The van der Waals surface area contributed by atoms with E-state index < -0.39 is 5.72 Å². The van der Waals surface area contributed by atoms with Crippen LogP contribution in [0.3, 0.4) is 0 Å². The van der Waals surface area contributed by atoms with Gasteiger partial charge in [0, 0.05) is 50.3 Å². The minimum atomic E-state index is -0.814. The van der Waals surface area contributed by atoms with Gasteiger partial charge in [-0.3, -0.25) is 0 Å². The van der Waals surface area contributed by atoms with Crippen molar-refractivity contribution >= 4 is 35.5 Å². The first kappa shape index (κ1) is 46.9. The number of hydroxylamine groups is 3. The zero-order valence-corrected chi connectivity index (χ0v) is 37.4. The van der Waals surface area contributed by atoms with Crippen LogP contribution in [0.5, 0.6) is 0 Å². The summed E-state index contributed by atoms with van der Waals surface area (Å²) in [4.78, 5) is 23.0. The topological polar surface area (TPSA) is 146 Å². The number of fused-ring (bicyclic) bond motifs is 4. The van der Waals surface area contributed by atoms with Gasteiger partial charge in [0.1, 0.15) is 0 Å². The number of methoxy groups -OCH3 is 2. The SMILES string of the molecule is CNO.Cl.[C-]#[N+]c1cccc(-c2ccc3c(c2)C(=NC#N)C2(CC3)CCC(OC)CC2)c1.[C-]#[N+]c1cccc(-c2ccc3c(c2)C2(N=C(N)N(C)O2)C2(CC3)CCC(OC)CC2)c1. The number of aliphatic imine (C=N–C) groups is 2. The predicted octanol–water partition coefficient (Wildman–Crippen LogP) is 10.5. The van der Waals surface area contributed by atoms with E-state index >= 15 is 0 Å². The summed E-state index contributed by atoms with van der Waals surface area (Å²) in [6, 6.07) is 28.4. The number of nitrogens with zero attached hydrogens (tertiary/aromatic N) is 6. The highest BCUT2D eigenvalue weighted by molar-refractivity contribution is 6.08. The Balaban J connectivity index is 0.000000196. The van der Waals surface area contributed by atoms with Gasteiger partial charge in [0.05, 0.1) is 31.1 Å². The molecule has 63 heavy (non-hydrogen) atoms. The molecular formula is C50H57ClN8O4. The van der Waals surface area contributed by atoms with Crippen LogP contribution in [-0.2, 0) is 32.9 Å². The molecule has 4 aromatic carbocycles. The zero-order chi connectivity index (χ0) is 43.9. The number of ether oxygens (including phenoxy) is 2. The molecular weight excluding hydrogens is 812 g/mol. The summed E-state index contributed by atoms with van der Waals surface area (Å²) in [6.07, 6.45) is 14.8. The Hall–Kier alpha value is -5.62. The number of halogens is 1. The molecule has 328 valence electrons. The molecule has 3 spiro atoms. The first-order chi connectivity index (χ1) is 30.1. The molecule has 0 amide bonds. The Morgan fingerprint density at radius 2 is 1.33 bits per heavy atom. The molecule has 0 saturated heterocycles. The van der Waals surface area contributed by atoms with Crippen LogP contribution >= 0.6 is 12.4 Å². The normalized spacial score (nSPS) is 26.0. The molecule has 1 atom stereocenters. The number of nitriles is 1. The van der Waals surface area contributed by atoms with E-state index in [9.17, 15) is 5.26 Å².